The summed E-state index contributed by atoms with van der Waals surface area (Å²) >= 11 is 0. The molecule has 1 unspecified atom stereocenters. The van der Waals surface area contributed by atoms with Crippen LogP contribution in [0.1, 0.15) is 36.8 Å². The minimum absolute atomic E-state index is 0.000461. The predicted octanol–water partition coefficient (Wildman–Crippen LogP) is 1.68. The molecule has 31 heavy (non-hydrogen) atoms. The highest BCUT2D eigenvalue weighted by Gasteiger charge is 2.16. The number of likely N-dealkylation sites (N-methyl/N-ethyl adjacent to an activating group) is 1. The maximum atomic E-state index is 11.9. The van der Waals surface area contributed by atoms with Gasteiger partial charge in [0.05, 0.1) is 31.9 Å². The van der Waals surface area contributed by atoms with Crippen LogP contribution in [0, 0.1) is 0 Å². The van der Waals surface area contributed by atoms with Gasteiger partial charge in [-0.3, -0.25) is 4.79 Å². The van der Waals surface area contributed by atoms with Gasteiger partial charge in [-0.05, 0) is 36.8 Å². The molecule has 3 rings (SSSR count). The van der Waals surface area contributed by atoms with E-state index in [0.29, 0.717) is 31.8 Å². The molecule has 2 fully saturated rings. The number of hydrogen-bond donors (Lipinski definition) is 2. The third kappa shape index (κ3) is 8.47. The number of aliphatic imine (C=N–C) groups is 1. The van der Waals surface area contributed by atoms with Crippen LogP contribution in [0.25, 0.3) is 0 Å². The van der Waals surface area contributed by atoms with Crippen molar-refractivity contribution in [2.75, 3.05) is 47.0 Å². The maximum Gasteiger partial charge on any atom is 0.241 e. The zero-order valence-electron chi connectivity index (χ0n) is 18.8. The summed E-state index contributed by atoms with van der Waals surface area (Å²) in [5.41, 5.74) is 2.26. The SMILES string of the molecule is CN(C)C(=O)CNC(=NCc1ccc(COC2CCOCC2)cc1)NCC1CCCO1. The Morgan fingerprint density at radius 3 is 2.52 bits per heavy atom. The van der Waals surface area contributed by atoms with E-state index in [-0.39, 0.29) is 18.6 Å². The highest BCUT2D eigenvalue weighted by Crippen LogP contribution is 2.14. The second kappa shape index (κ2) is 12.6. The van der Waals surface area contributed by atoms with Crippen LogP contribution >= 0.6 is 0 Å². The number of ether oxygens (including phenoxy) is 3. The Morgan fingerprint density at radius 2 is 1.84 bits per heavy atom. The molecule has 1 amide bonds. The highest BCUT2D eigenvalue weighted by atomic mass is 16.5. The quantitative estimate of drug-likeness (QED) is 0.456. The van der Waals surface area contributed by atoms with Crippen LogP contribution < -0.4 is 10.6 Å². The van der Waals surface area contributed by atoms with E-state index in [2.05, 4.69) is 39.9 Å². The maximum absolute atomic E-state index is 11.9. The molecule has 1 aromatic carbocycles. The molecule has 172 valence electrons. The summed E-state index contributed by atoms with van der Waals surface area (Å²) in [5.74, 6) is 0.623. The Hall–Kier alpha value is -2.16. The molecule has 0 aliphatic carbocycles. The van der Waals surface area contributed by atoms with Crippen molar-refractivity contribution in [3.8, 4) is 0 Å². The first-order valence-corrected chi connectivity index (χ1v) is 11.2. The van der Waals surface area contributed by atoms with Gasteiger partial charge in [-0.1, -0.05) is 24.3 Å². The number of amides is 1. The molecule has 0 saturated carbocycles. The number of guanidine groups is 1. The van der Waals surface area contributed by atoms with Crippen LogP contribution in [0.4, 0.5) is 0 Å². The van der Waals surface area contributed by atoms with Crippen LogP contribution in [0.2, 0.25) is 0 Å². The van der Waals surface area contributed by atoms with Crippen LogP contribution in [0.5, 0.6) is 0 Å². The number of nitrogens with zero attached hydrogens (tertiary/aromatic N) is 2. The molecule has 2 N–H and O–H groups in total. The molecule has 8 nitrogen and oxygen atoms in total. The van der Waals surface area contributed by atoms with Gasteiger partial charge >= 0.3 is 0 Å². The van der Waals surface area contributed by atoms with E-state index in [4.69, 9.17) is 14.2 Å². The number of nitrogens with one attached hydrogen (secondary N) is 2. The van der Waals surface area contributed by atoms with Gasteiger partial charge in [0.25, 0.3) is 0 Å². The van der Waals surface area contributed by atoms with Gasteiger partial charge < -0.3 is 29.7 Å². The normalized spacial score (nSPS) is 19.9. The Labute approximate surface area is 185 Å². The van der Waals surface area contributed by atoms with Gasteiger partial charge in [0.1, 0.15) is 0 Å². The van der Waals surface area contributed by atoms with Gasteiger partial charge in [-0.25, -0.2) is 4.99 Å². The summed E-state index contributed by atoms with van der Waals surface area (Å²) in [6.45, 7) is 4.43. The Balaban J connectivity index is 1.50. The van der Waals surface area contributed by atoms with Gasteiger partial charge in [0.2, 0.25) is 5.91 Å². The van der Waals surface area contributed by atoms with E-state index < -0.39 is 0 Å². The lowest BCUT2D eigenvalue weighted by atomic mass is 10.1. The molecule has 1 aromatic rings. The second-order valence-corrected chi connectivity index (χ2v) is 8.26. The van der Waals surface area contributed by atoms with E-state index in [1.54, 1.807) is 19.0 Å². The number of carbonyl (C=O) groups is 1. The van der Waals surface area contributed by atoms with Crippen molar-refractivity contribution in [1.29, 1.82) is 0 Å². The van der Waals surface area contributed by atoms with Crippen molar-refractivity contribution < 1.29 is 19.0 Å². The molecular weight excluding hydrogens is 396 g/mol. The predicted molar refractivity (Wildman–Crippen MR) is 120 cm³/mol. The van der Waals surface area contributed by atoms with Crippen molar-refractivity contribution in [2.24, 2.45) is 4.99 Å². The fraction of sp³-hybridized carbons (Fsp3) is 0.652. The monoisotopic (exact) mass is 432 g/mol. The molecule has 0 bridgehead atoms. The highest BCUT2D eigenvalue weighted by molar-refractivity contribution is 5.86. The molecular formula is C23H36N4O4. The minimum Gasteiger partial charge on any atom is -0.381 e. The van der Waals surface area contributed by atoms with Crippen LogP contribution in [0.3, 0.4) is 0 Å². The van der Waals surface area contributed by atoms with Crippen molar-refractivity contribution in [3.63, 3.8) is 0 Å². The minimum atomic E-state index is 0.000461. The lowest BCUT2D eigenvalue weighted by Crippen LogP contribution is -2.45. The van der Waals surface area contributed by atoms with E-state index in [0.717, 1.165) is 56.6 Å². The summed E-state index contributed by atoms with van der Waals surface area (Å²) < 4.78 is 17.0. The number of hydrogen-bond acceptors (Lipinski definition) is 5. The van der Waals surface area contributed by atoms with Gasteiger partial charge in [0, 0.05) is 40.5 Å². The molecule has 2 saturated heterocycles. The van der Waals surface area contributed by atoms with Crippen LogP contribution in [-0.2, 0) is 32.2 Å². The van der Waals surface area contributed by atoms with Crippen LogP contribution in [-0.4, -0.2) is 76.0 Å². The first-order valence-electron chi connectivity index (χ1n) is 11.2. The van der Waals surface area contributed by atoms with E-state index in [9.17, 15) is 4.79 Å². The molecule has 0 spiro atoms. The zero-order valence-corrected chi connectivity index (χ0v) is 18.8. The van der Waals surface area contributed by atoms with Crippen LogP contribution in [0.15, 0.2) is 29.3 Å². The van der Waals surface area contributed by atoms with Crippen molar-refractivity contribution in [2.45, 2.75) is 51.0 Å². The number of benzene rings is 1. The molecule has 1 atom stereocenters. The van der Waals surface area contributed by atoms with Gasteiger partial charge in [0.15, 0.2) is 5.96 Å². The molecule has 2 heterocycles. The molecule has 2 aliphatic rings. The average molecular weight is 433 g/mol. The number of rotatable bonds is 9. The molecule has 0 aromatic heterocycles. The van der Waals surface area contributed by atoms with Gasteiger partial charge in [-0.2, -0.15) is 0 Å². The van der Waals surface area contributed by atoms with E-state index in [1.807, 2.05) is 0 Å². The fourth-order valence-electron chi connectivity index (χ4n) is 3.48. The fourth-order valence-corrected chi connectivity index (χ4v) is 3.48. The molecule has 0 radical (unpaired) electrons. The largest absolute Gasteiger partial charge is 0.381 e. The second-order valence-electron chi connectivity index (χ2n) is 8.26. The van der Waals surface area contributed by atoms with E-state index >= 15 is 0 Å². The Morgan fingerprint density at radius 1 is 1.10 bits per heavy atom. The summed E-state index contributed by atoms with van der Waals surface area (Å²) in [6, 6.07) is 8.34. The Kier molecular flexibility index (Phi) is 9.58. The standard InChI is InChI=1S/C23H36N4O4/c1-27(2)22(28)16-26-23(25-15-21-4-3-11-30-21)24-14-18-5-7-19(8-6-18)17-31-20-9-12-29-13-10-20/h5-8,20-21H,3-4,9-17H2,1-2H3,(H2,24,25,26). The molecule has 2 aliphatic heterocycles. The third-order valence-electron chi connectivity index (χ3n) is 5.52. The van der Waals surface area contributed by atoms with Crippen molar-refractivity contribution in [1.82, 2.24) is 15.5 Å². The first kappa shape index (κ1) is 23.5. The van der Waals surface area contributed by atoms with E-state index in [1.165, 1.54) is 0 Å². The summed E-state index contributed by atoms with van der Waals surface area (Å²) in [5, 5.41) is 6.43. The van der Waals surface area contributed by atoms with Crippen molar-refractivity contribution in [3.05, 3.63) is 35.4 Å². The summed E-state index contributed by atoms with van der Waals surface area (Å²) in [4.78, 5) is 18.2. The Bertz CT molecular complexity index is 696. The number of carbonyl (C=O) groups excluding carboxylic acids is 1. The topological polar surface area (TPSA) is 84.4 Å². The third-order valence-corrected chi connectivity index (χ3v) is 5.52. The summed E-state index contributed by atoms with van der Waals surface area (Å²) in [7, 11) is 3.49. The zero-order chi connectivity index (χ0) is 21.9. The first-order chi connectivity index (χ1) is 15.1. The average Bonchev–Trinajstić information content (AvgIpc) is 3.32. The summed E-state index contributed by atoms with van der Waals surface area (Å²) in [6.07, 6.45) is 4.58. The lowest BCUT2D eigenvalue weighted by molar-refractivity contribution is -0.127. The molecule has 8 heteroatoms. The van der Waals surface area contributed by atoms with Gasteiger partial charge in [-0.15, -0.1) is 0 Å². The van der Waals surface area contributed by atoms with Crippen molar-refractivity contribution >= 4 is 11.9 Å². The lowest BCUT2D eigenvalue weighted by Gasteiger charge is -2.22. The smallest absolute Gasteiger partial charge is 0.241 e.